The van der Waals surface area contributed by atoms with Crippen LogP contribution in [-0.4, -0.2) is 61.2 Å². The molecule has 2 atom stereocenters. The normalized spacial score (nSPS) is 21.8. The summed E-state index contributed by atoms with van der Waals surface area (Å²) >= 11 is 0. The first kappa shape index (κ1) is 17.9. The van der Waals surface area contributed by atoms with Crippen molar-refractivity contribution >= 4 is 0 Å². The molecule has 0 saturated carbocycles. The molecule has 1 fully saturated rings. The zero-order valence-corrected chi connectivity index (χ0v) is 14.3. The van der Waals surface area contributed by atoms with Gasteiger partial charge in [0.2, 0.25) is 0 Å². The summed E-state index contributed by atoms with van der Waals surface area (Å²) < 4.78 is 0. The molecule has 0 spiro atoms. The standard InChI is InChI=1S/C17H37N3/c1-5-8-9-10-16(4)18-12-14-19-13-11-17(15-19)20(6-2)7-3/h16-18H,5-15H2,1-4H3. The summed E-state index contributed by atoms with van der Waals surface area (Å²) in [5.74, 6) is 0. The van der Waals surface area contributed by atoms with E-state index in [-0.39, 0.29) is 0 Å². The van der Waals surface area contributed by atoms with Gasteiger partial charge in [0, 0.05) is 31.7 Å². The highest BCUT2D eigenvalue weighted by atomic mass is 15.3. The smallest absolute Gasteiger partial charge is 0.0235 e. The van der Waals surface area contributed by atoms with Crippen molar-refractivity contribution in [3.05, 3.63) is 0 Å². The van der Waals surface area contributed by atoms with E-state index in [0.717, 1.165) is 12.6 Å². The number of nitrogens with one attached hydrogen (secondary N) is 1. The maximum atomic E-state index is 3.69. The minimum atomic E-state index is 0.683. The molecule has 20 heavy (non-hydrogen) atoms. The molecule has 3 heteroatoms. The van der Waals surface area contributed by atoms with Crippen molar-refractivity contribution in [2.24, 2.45) is 0 Å². The lowest BCUT2D eigenvalue weighted by atomic mass is 10.1. The second-order valence-electron chi connectivity index (χ2n) is 6.32. The van der Waals surface area contributed by atoms with E-state index in [1.54, 1.807) is 0 Å². The Hall–Kier alpha value is -0.120. The fourth-order valence-corrected chi connectivity index (χ4v) is 3.33. The number of likely N-dealkylation sites (N-methyl/N-ethyl adjacent to an activating group) is 1. The van der Waals surface area contributed by atoms with Crippen molar-refractivity contribution in [1.29, 1.82) is 0 Å². The molecular weight excluding hydrogens is 246 g/mol. The van der Waals surface area contributed by atoms with Crippen molar-refractivity contribution < 1.29 is 0 Å². The van der Waals surface area contributed by atoms with Gasteiger partial charge >= 0.3 is 0 Å². The van der Waals surface area contributed by atoms with Crippen LogP contribution in [0.1, 0.15) is 59.8 Å². The number of likely N-dealkylation sites (tertiary alicyclic amines) is 1. The van der Waals surface area contributed by atoms with Gasteiger partial charge in [-0.1, -0.05) is 40.0 Å². The van der Waals surface area contributed by atoms with E-state index in [9.17, 15) is 0 Å². The molecule has 0 aromatic carbocycles. The van der Waals surface area contributed by atoms with E-state index in [4.69, 9.17) is 0 Å². The Labute approximate surface area is 127 Å². The number of hydrogen-bond donors (Lipinski definition) is 1. The summed E-state index contributed by atoms with van der Waals surface area (Å²) in [5, 5.41) is 3.69. The van der Waals surface area contributed by atoms with Crippen LogP contribution < -0.4 is 5.32 Å². The average Bonchev–Trinajstić information content (AvgIpc) is 2.89. The lowest BCUT2D eigenvalue weighted by Crippen LogP contribution is -2.39. The molecule has 1 aliphatic heterocycles. The minimum Gasteiger partial charge on any atom is -0.313 e. The molecule has 2 unspecified atom stereocenters. The van der Waals surface area contributed by atoms with Gasteiger partial charge in [-0.15, -0.1) is 0 Å². The molecule has 3 nitrogen and oxygen atoms in total. The molecule has 1 heterocycles. The zero-order chi connectivity index (χ0) is 14.8. The molecule has 1 aliphatic rings. The second-order valence-corrected chi connectivity index (χ2v) is 6.32. The molecule has 0 aromatic rings. The van der Waals surface area contributed by atoms with Crippen LogP contribution in [0.5, 0.6) is 0 Å². The lowest BCUT2D eigenvalue weighted by molar-refractivity contribution is 0.210. The maximum absolute atomic E-state index is 3.69. The predicted octanol–water partition coefficient (Wildman–Crippen LogP) is 2.96. The van der Waals surface area contributed by atoms with Crippen molar-refractivity contribution in [3.63, 3.8) is 0 Å². The van der Waals surface area contributed by atoms with Gasteiger partial charge < -0.3 is 10.2 Å². The number of nitrogens with zero attached hydrogens (tertiary/aromatic N) is 2. The molecule has 0 aliphatic carbocycles. The monoisotopic (exact) mass is 283 g/mol. The Balaban J connectivity index is 2.08. The van der Waals surface area contributed by atoms with E-state index < -0.39 is 0 Å². The van der Waals surface area contributed by atoms with Crippen LogP contribution in [0.15, 0.2) is 0 Å². The van der Waals surface area contributed by atoms with Gasteiger partial charge in [0.15, 0.2) is 0 Å². The van der Waals surface area contributed by atoms with Gasteiger partial charge in [0.25, 0.3) is 0 Å². The largest absolute Gasteiger partial charge is 0.313 e. The summed E-state index contributed by atoms with van der Waals surface area (Å²) in [7, 11) is 0. The molecule has 120 valence electrons. The van der Waals surface area contributed by atoms with Crippen molar-refractivity contribution in [1.82, 2.24) is 15.1 Å². The predicted molar refractivity (Wildman–Crippen MR) is 89.4 cm³/mol. The summed E-state index contributed by atoms with van der Waals surface area (Å²) in [4.78, 5) is 5.25. The zero-order valence-electron chi connectivity index (χ0n) is 14.3. The minimum absolute atomic E-state index is 0.683. The first-order valence-electron chi connectivity index (χ1n) is 8.90. The van der Waals surface area contributed by atoms with Crippen LogP contribution in [-0.2, 0) is 0 Å². The van der Waals surface area contributed by atoms with Crippen molar-refractivity contribution in [2.75, 3.05) is 39.3 Å². The van der Waals surface area contributed by atoms with Gasteiger partial charge in [0.05, 0.1) is 0 Å². The molecule has 0 amide bonds. The summed E-state index contributed by atoms with van der Waals surface area (Å²) in [5.41, 5.74) is 0. The van der Waals surface area contributed by atoms with Crippen molar-refractivity contribution in [2.45, 2.75) is 71.9 Å². The number of rotatable bonds is 11. The molecule has 1 rings (SSSR count). The maximum Gasteiger partial charge on any atom is 0.0235 e. The summed E-state index contributed by atoms with van der Waals surface area (Å²) in [6, 6.07) is 1.48. The van der Waals surface area contributed by atoms with Crippen LogP contribution >= 0.6 is 0 Å². The van der Waals surface area contributed by atoms with Gasteiger partial charge in [-0.25, -0.2) is 0 Å². The van der Waals surface area contributed by atoms with E-state index >= 15 is 0 Å². The van der Waals surface area contributed by atoms with Crippen LogP contribution in [0.4, 0.5) is 0 Å². The van der Waals surface area contributed by atoms with Gasteiger partial charge in [-0.3, -0.25) is 4.90 Å². The fraction of sp³-hybridized carbons (Fsp3) is 1.00. The van der Waals surface area contributed by atoms with Crippen LogP contribution in [0.25, 0.3) is 0 Å². The molecule has 0 bridgehead atoms. The van der Waals surface area contributed by atoms with Crippen LogP contribution in [0.2, 0.25) is 0 Å². The van der Waals surface area contributed by atoms with E-state index in [2.05, 4.69) is 42.8 Å². The lowest BCUT2D eigenvalue weighted by Gasteiger charge is -2.26. The van der Waals surface area contributed by atoms with E-state index in [1.165, 1.54) is 64.8 Å². The molecule has 0 radical (unpaired) electrons. The third kappa shape index (κ3) is 6.55. The summed E-state index contributed by atoms with van der Waals surface area (Å²) in [6.07, 6.45) is 6.76. The number of unbranched alkanes of at least 4 members (excludes halogenated alkanes) is 2. The first-order chi connectivity index (χ1) is 9.71. The van der Waals surface area contributed by atoms with Gasteiger partial charge in [-0.05, 0) is 39.4 Å². The van der Waals surface area contributed by atoms with Crippen molar-refractivity contribution in [3.8, 4) is 0 Å². The highest BCUT2D eigenvalue weighted by Gasteiger charge is 2.25. The van der Waals surface area contributed by atoms with E-state index in [0.29, 0.717) is 6.04 Å². The molecule has 1 N–H and O–H groups in total. The van der Waals surface area contributed by atoms with E-state index in [1.807, 2.05) is 0 Å². The Bertz CT molecular complexity index is 228. The Morgan fingerprint density at radius 3 is 2.60 bits per heavy atom. The van der Waals surface area contributed by atoms with Gasteiger partial charge in [-0.2, -0.15) is 0 Å². The molecular formula is C17H37N3. The third-order valence-corrected chi connectivity index (χ3v) is 4.74. The molecule has 1 saturated heterocycles. The van der Waals surface area contributed by atoms with Crippen LogP contribution in [0, 0.1) is 0 Å². The summed E-state index contributed by atoms with van der Waals surface area (Å²) in [6.45, 7) is 16.5. The SMILES string of the molecule is CCCCCC(C)NCCN1CCC(N(CC)CC)C1. The molecule has 0 aromatic heterocycles. The Morgan fingerprint density at radius 2 is 1.95 bits per heavy atom. The highest BCUT2D eigenvalue weighted by Crippen LogP contribution is 2.14. The highest BCUT2D eigenvalue weighted by molar-refractivity contribution is 4.83. The third-order valence-electron chi connectivity index (χ3n) is 4.74. The number of hydrogen-bond acceptors (Lipinski definition) is 3. The first-order valence-corrected chi connectivity index (χ1v) is 8.90. The quantitative estimate of drug-likeness (QED) is 0.588. The van der Waals surface area contributed by atoms with Gasteiger partial charge in [0.1, 0.15) is 0 Å². The topological polar surface area (TPSA) is 18.5 Å². The average molecular weight is 284 g/mol. The fourth-order valence-electron chi connectivity index (χ4n) is 3.33. The second kappa shape index (κ2) is 10.6. The Morgan fingerprint density at radius 1 is 1.20 bits per heavy atom. The Kier molecular flexibility index (Phi) is 9.49. The van der Waals surface area contributed by atoms with Crippen LogP contribution in [0.3, 0.4) is 0 Å².